The minimum Gasteiger partial charge on any atom is -0.324 e. The Bertz CT molecular complexity index is 1250. The standard InChI is InChI=1S/C21H21N5O2/c1-13(2)15-7-5-8-16(10-15)23-18(27)11-26-21(28)25-12-22-19-14(3)6-4-9-17(19)20(25)24-26/h4-10,12-13H,11H2,1-3H3,(H,23,27). The van der Waals surface area contributed by atoms with E-state index in [0.717, 1.165) is 22.0 Å². The summed E-state index contributed by atoms with van der Waals surface area (Å²) in [5.41, 5.74) is 3.74. The van der Waals surface area contributed by atoms with E-state index in [1.165, 1.54) is 15.4 Å². The molecule has 4 rings (SSSR count). The van der Waals surface area contributed by atoms with E-state index < -0.39 is 5.69 Å². The van der Waals surface area contributed by atoms with Crippen LogP contribution in [0.3, 0.4) is 0 Å². The molecule has 0 aliphatic rings. The van der Waals surface area contributed by atoms with Crippen molar-refractivity contribution in [3.05, 3.63) is 70.4 Å². The van der Waals surface area contributed by atoms with Gasteiger partial charge in [0.15, 0.2) is 5.65 Å². The highest BCUT2D eigenvalue weighted by molar-refractivity contribution is 5.93. The molecule has 142 valence electrons. The third-order valence-electron chi connectivity index (χ3n) is 4.78. The maximum atomic E-state index is 12.6. The molecule has 0 bridgehead atoms. The highest BCUT2D eigenvalue weighted by atomic mass is 16.2. The average Bonchev–Trinajstić information content (AvgIpc) is 2.98. The Labute approximate surface area is 161 Å². The van der Waals surface area contributed by atoms with Gasteiger partial charge in [0.1, 0.15) is 12.9 Å². The lowest BCUT2D eigenvalue weighted by atomic mass is 10.0. The zero-order chi connectivity index (χ0) is 19.8. The van der Waals surface area contributed by atoms with Crippen molar-refractivity contribution < 1.29 is 4.79 Å². The minimum absolute atomic E-state index is 0.167. The van der Waals surface area contributed by atoms with Gasteiger partial charge in [0.2, 0.25) is 5.91 Å². The number of rotatable bonds is 4. The zero-order valence-corrected chi connectivity index (χ0v) is 16.0. The van der Waals surface area contributed by atoms with Crippen LogP contribution in [0.2, 0.25) is 0 Å². The summed E-state index contributed by atoms with van der Waals surface area (Å²) in [5, 5.41) is 8.00. The van der Waals surface area contributed by atoms with Crippen molar-refractivity contribution in [1.29, 1.82) is 0 Å². The molecule has 4 aromatic rings. The second-order valence-corrected chi connectivity index (χ2v) is 7.18. The van der Waals surface area contributed by atoms with Crippen LogP contribution in [-0.4, -0.2) is 25.1 Å². The van der Waals surface area contributed by atoms with Crippen molar-refractivity contribution in [2.45, 2.75) is 33.2 Å². The zero-order valence-electron chi connectivity index (χ0n) is 16.0. The molecule has 0 saturated heterocycles. The van der Waals surface area contributed by atoms with Gasteiger partial charge in [0.25, 0.3) is 0 Å². The molecule has 2 aromatic carbocycles. The van der Waals surface area contributed by atoms with Gasteiger partial charge < -0.3 is 5.32 Å². The molecule has 7 nitrogen and oxygen atoms in total. The summed E-state index contributed by atoms with van der Waals surface area (Å²) in [5.74, 6) is 0.0574. The van der Waals surface area contributed by atoms with Gasteiger partial charge in [-0.25, -0.2) is 18.9 Å². The first-order valence-corrected chi connectivity index (χ1v) is 9.17. The Kier molecular flexibility index (Phi) is 4.43. The predicted molar refractivity (Wildman–Crippen MR) is 109 cm³/mol. The van der Waals surface area contributed by atoms with Crippen molar-refractivity contribution >= 4 is 28.1 Å². The first-order chi connectivity index (χ1) is 13.4. The Morgan fingerprint density at radius 1 is 1.18 bits per heavy atom. The number of hydrogen-bond acceptors (Lipinski definition) is 4. The van der Waals surface area contributed by atoms with Crippen LogP contribution in [0, 0.1) is 6.92 Å². The molecule has 0 radical (unpaired) electrons. The fourth-order valence-corrected chi connectivity index (χ4v) is 3.25. The van der Waals surface area contributed by atoms with Gasteiger partial charge >= 0.3 is 5.69 Å². The highest BCUT2D eigenvalue weighted by Crippen LogP contribution is 2.19. The van der Waals surface area contributed by atoms with Gasteiger partial charge in [-0.15, -0.1) is 5.10 Å². The number of amides is 1. The summed E-state index contributed by atoms with van der Waals surface area (Å²) in [6, 6.07) is 13.4. The maximum absolute atomic E-state index is 12.6. The van der Waals surface area contributed by atoms with Crippen molar-refractivity contribution in [2.24, 2.45) is 0 Å². The number of nitrogens with one attached hydrogen (secondary N) is 1. The summed E-state index contributed by atoms with van der Waals surface area (Å²) in [4.78, 5) is 29.5. The highest BCUT2D eigenvalue weighted by Gasteiger charge is 2.14. The first-order valence-electron chi connectivity index (χ1n) is 9.17. The van der Waals surface area contributed by atoms with E-state index >= 15 is 0 Å². The van der Waals surface area contributed by atoms with Crippen molar-refractivity contribution in [3.63, 3.8) is 0 Å². The van der Waals surface area contributed by atoms with E-state index in [9.17, 15) is 9.59 Å². The molecule has 0 aliphatic heterocycles. The molecule has 1 N–H and O–H groups in total. The second kappa shape index (κ2) is 6.92. The molecule has 28 heavy (non-hydrogen) atoms. The number of nitrogens with zero attached hydrogens (tertiary/aromatic N) is 4. The third kappa shape index (κ3) is 3.15. The number of carbonyl (C=O) groups excluding carboxylic acids is 1. The molecule has 2 aromatic heterocycles. The van der Waals surface area contributed by atoms with Gasteiger partial charge in [-0.05, 0) is 42.2 Å². The quantitative estimate of drug-likeness (QED) is 0.594. The lowest BCUT2D eigenvalue weighted by Gasteiger charge is -2.09. The smallest absolute Gasteiger partial charge is 0.324 e. The number of benzene rings is 2. The van der Waals surface area contributed by atoms with E-state index in [1.54, 1.807) is 0 Å². The van der Waals surface area contributed by atoms with Gasteiger partial charge in [-0.3, -0.25) is 4.79 Å². The van der Waals surface area contributed by atoms with Gasteiger partial charge in [-0.1, -0.05) is 38.1 Å². The largest absolute Gasteiger partial charge is 0.352 e. The molecule has 0 fully saturated rings. The Morgan fingerprint density at radius 3 is 2.75 bits per heavy atom. The topological polar surface area (TPSA) is 81.3 Å². The third-order valence-corrected chi connectivity index (χ3v) is 4.78. The van der Waals surface area contributed by atoms with Crippen LogP contribution in [0.1, 0.15) is 30.9 Å². The molecular formula is C21H21N5O2. The van der Waals surface area contributed by atoms with Crippen LogP contribution >= 0.6 is 0 Å². The number of aromatic nitrogens is 4. The van der Waals surface area contributed by atoms with E-state index in [0.29, 0.717) is 17.3 Å². The molecule has 7 heteroatoms. The van der Waals surface area contributed by atoms with Gasteiger partial charge in [-0.2, -0.15) is 0 Å². The normalized spacial score (nSPS) is 11.4. The monoisotopic (exact) mass is 375 g/mol. The average molecular weight is 375 g/mol. The number of fused-ring (bicyclic) bond motifs is 3. The van der Waals surface area contributed by atoms with Crippen LogP contribution in [0.4, 0.5) is 5.69 Å². The summed E-state index contributed by atoms with van der Waals surface area (Å²) in [6.07, 6.45) is 1.46. The van der Waals surface area contributed by atoms with Crippen LogP contribution in [0.15, 0.2) is 53.6 Å². The number of aryl methyl sites for hydroxylation is 1. The van der Waals surface area contributed by atoms with E-state index in [4.69, 9.17) is 0 Å². The Balaban J connectivity index is 1.64. The summed E-state index contributed by atoms with van der Waals surface area (Å²) < 4.78 is 2.54. The van der Waals surface area contributed by atoms with E-state index in [2.05, 4.69) is 29.2 Å². The molecule has 2 heterocycles. The number of anilines is 1. The van der Waals surface area contributed by atoms with Gasteiger partial charge in [0, 0.05) is 11.1 Å². The lowest BCUT2D eigenvalue weighted by Crippen LogP contribution is -2.28. The number of para-hydroxylation sites is 1. The minimum atomic E-state index is -0.392. The fraction of sp³-hybridized carbons (Fsp3) is 0.238. The fourth-order valence-electron chi connectivity index (χ4n) is 3.25. The SMILES string of the molecule is Cc1cccc2c1ncn1c(=O)n(CC(=O)Nc3cccc(C(C)C)c3)nc21. The second-order valence-electron chi connectivity index (χ2n) is 7.18. The first kappa shape index (κ1) is 17.9. The van der Waals surface area contributed by atoms with Crippen molar-refractivity contribution in [3.8, 4) is 0 Å². The molecule has 0 aliphatic carbocycles. The van der Waals surface area contributed by atoms with Crippen LogP contribution < -0.4 is 11.0 Å². The Hall–Kier alpha value is -3.48. The number of carbonyl (C=O) groups is 1. The van der Waals surface area contributed by atoms with Gasteiger partial charge in [0.05, 0.1) is 5.52 Å². The molecule has 0 unspecified atom stereocenters. The predicted octanol–water partition coefficient (Wildman–Crippen LogP) is 3.11. The number of hydrogen-bond donors (Lipinski definition) is 1. The summed E-state index contributed by atoms with van der Waals surface area (Å²) in [7, 11) is 0. The van der Waals surface area contributed by atoms with Crippen LogP contribution in [-0.2, 0) is 11.3 Å². The summed E-state index contributed by atoms with van der Waals surface area (Å²) in [6.45, 7) is 5.98. The molecule has 0 atom stereocenters. The van der Waals surface area contributed by atoms with Crippen LogP contribution in [0.5, 0.6) is 0 Å². The van der Waals surface area contributed by atoms with E-state index in [-0.39, 0.29) is 12.5 Å². The van der Waals surface area contributed by atoms with E-state index in [1.807, 2.05) is 49.4 Å². The Morgan fingerprint density at radius 2 is 1.96 bits per heavy atom. The molecule has 0 spiro atoms. The molecule has 1 amide bonds. The molecule has 0 saturated carbocycles. The summed E-state index contributed by atoms with van der Waals surface area (Å²) >= 11 is 0. The molecular weight excluding hydrogens is 354 g/mol. The van der Waals surface area contributed by atoms with Crippen molar-refractivity contribution in [2.75, 3.05) is 5.32 Å². The lowest BCUT2D eigenvalue weighted by molar-refractivity contribution is -0.117. The van der Waals surface area contributed by atoms with Crippen LogP contribution in [0.25, 0.3) is 16.6 Å². The van der Waals surface area contributed by atoms with Crippen molar-refractivity contribution in [1.82, 2.24) is 19.2 Å². The maximum Gasteiger partial charge on any atom is 0.352 e.